The zero-order valence-corrected chi connectivity index (χ0v) is 17.7. The minimum absolute atomic E-state index is 0.204. The van der Waals surface area contributed by atoms with Crippen LogP contribution in [0.4, 0.5) is 14.6 Å². The molecule has 0 aliphatic carbocycles. The fourth-order valence-corrected chi connectivity index (χ4v) is 4.64. The van der Waals surface area contributed by atoms with Crippen LogP contribution in [0, 0.1) is 5.82 Å². The Kier molecular flexibility index (Phi) is 5.69. The van der Waals surface area contributed by atoms with Crippen LogP contribution in [0.1, 0.15) is 30.6 Å². The van der Waals surface area contributed by atoms with Crippen LogP contribution in [-0.2, 0) is 0 Å². The minimum atomic E-state index is -1.01. The molecule has 0 spiro atoms. The Bertz CT molecular complexity index is 1050. The predicted molar refractivity (Wildman–Crippen MR) is 116 cm³/mol. The molecule has 9 heteroatoms. The van der Waals surface area contributed by atoms with Gasteiger partial charge in [-0.15, -0.1) is 16.9 Å². The molecule has 0 saturated carbocycles. The summed E-state index contributed by atoms with van der Waals surface area (Å²) in [5, 5.41) is 7.80. The zero-order valence-electron chi connectivity index (χ0n) is 16.1. The van der Waals surface area contributed by atoms with Crippen molar-refractivity contribution in [3.05, 3.63) is 53.6 Å². The van der Waals surface area contributed by atoms with Gasteiger partial charge in [-0.25, -0.2) is 18.3 Å². The van der Waals surface area contributed by atoms with Gasteiger partial charge in [0.2, 0.25) is 0 Å². The monoisotopic (exact) mass is 433 g/mol. The number of hydrogen-bond acceptors (Lipinski definition) is 5. The van der Waals surface area contributed by atoms with Gasteiger partial charge in [-0.05, 0) is 49.1 Å². The SMILES string of the molecule is CCNC(=S)c1cnc2ccc(N3C[C@@H](F)C[C@@H]3c3cc(F)ccc3SC)nn12. The summed E-state index contributed by atoms with van der Waals surface area (Å²) >= 11 is 6.94. The molecule has 4 rings (SSSR count). The lowest BCUT2D eigenvalue weighted by atomic mass is 10.0. The number of anilines is 1. The van der Waals surface area contributed by atoms with Gasteiger partial charge in [0, 0.05) is 17.9 Å². The number of thiocarbonyl (C=S) groups is 1. The van der Waals surface area contributed by atoms with E-state index in [0.29, 0.717) is 35.1 Å². The molecule has 1 saturated heterocycles. The van der Waals surface area contributed by atoms with Crippen LogP contribution in [0.3, 0.4) is 0 Å². The first-order valence-electron chi connectivity index (χ1n) is 9.39. The van der Waals surface area contributed by atoms with Gasteiger partial charge in [-0.2, -0.15) is 0 Å². The molecule has 0 radical (unpaired) electrons. The highest BCUT2D eigenvalue weighted by atomic mass is 32.2. The second-order valence-electron chi connectivity index (χ2n) is 6.85. The molecule has 1 aliphatic heterocycles. The van der Waals surface area contributed by atoms with Gasteiger partial charge < -0.3 is 10.2 Å². The Morgan fingerprint density at radius 3 is 2.93 bits per heavy atom. The lowest BCUT2D eigenvalue weighted by Gasteiger charge is -2.27. The number of rotatable bonds is 5. The van der Waals surface area contributed by atoms with Gasteiger partial charge in [0.15, 0.2) is 5.65 Å². The summed E-state index contributed by atoms with van der Waals surface area (Å²) in [5.41, 5.74) is 2.13. The summed E-state index contributed by atoms with van der Waals surface area (Å²) in [6.45, 7) is 2.86. The molecule has 2 atom stereocenters. The third kappa shape index (κ3) is 3.81. The van der Waals surface area contributed by atoms with Crippen LogP contribution in [0.5, 0.6) is 0 Å². The van der Waals surface area contributed by atoms with E-state index in [1.165, 1.54) is 23.9 Å². The number of fused-ring (bicyclic) bond motifs is 1. The van der Waals surface area contributed by atoms with Crippen LogP contribution in [0.2, 0.25) is 0 Å². The number of nitrogens with one attached hydrogen (secondary N) is 1. The van der Waals surface area contributed by atoms with Crippen molar-refractivity contribution in [2.45, 2.75) is 30.5 Å². The number of halogens is 2. The highest BCUT2D eigenvalue weighted by Crippen LogP contribution is 2.40. The molecule has 1 aliphatic rings. The molecule has 1 fully saturated rings. The van der Waals surface area contributed by atoms with E-state index in [1.54, 1.807) is 16.8 Å². The lowest BCUT2D eigenvalue weighted by Crippen LogP contribution is -2.27. The van der Waals surface area contributed by atoms with E-state index in [0.717, 1.165) is 10.5 Å². The summed E-state index contributed by atoms with van der Waals surface area (Å²) < 4.78 is 30.1. The maximum atomic E-state index is 14.5. The van der Waals surface area contributed by atoms with Crippen molar-refractivity contribution < 1.29 is 8.78 Å². The maximum Gasteiger partial charge on any atom is 0.154 e. The lowest BCUT2D eigenvalue weighted by molar-refractivity contribution is 0.356. The van der Waals surface area contributed by atoms with Crippen LogP contribution in [-0.4, -0.2) is 45.1 Å². The molecule has 2 aromatic heterocycles. The average molecular weight is 434 g/mol. The molecular formula is C20H21F2N5S2. The second-order valence-corrected chi connectivity index (χ2v) is 8.11. The highest BCUT2D eigenvalue weighted by Gasteiger charge is 2.35. The van der Waals surface area contributed by atoms with Gasteiger partial charge in [0.1, 0.15) is 28.5 Å². The van der Waals surface area contributed by atoms with Crippen LogP contribution < -0.4 is 10.2 Å². The van der Waals surface area contributed by atoms with E-state index in [4.69, 9.17) is 17.3 Å². The Morgan fingerprint density at radius 2 is 2.17 bits per heavy atom. The quantitative estimate of drug-likeness (QED) is 0.482. The van der Waals surface area contributed by atoms with E-state index < -0.39 is 6.17 Å². The number of alkyl halides is 1. The standard InChI is InChI=1S/C20H21F2N5S2/c1-3-23-20(28)16-10-24-18-6-7-19(25-27(16)18)26-11-13(22)9-15(26)14-8-12(21)4-5-17(14)29-2/h4-8,10,13,15H,3,9,11H2,1-2H3,(H,23,28)/t13-,15+/m0/s1. The summed E-state index contributed by atoms with van der Waals surface area (Å²) in [5.74, 6) is 0.286. The Labute approximate surface area is 177 Å². The molecule has 1 aromatic carbocycles. The minimum Gasteiger partial charge on any atom is -0.375 e. The van der Waals surface area contributed by atoms with Gasteiger partial charge in [0.25, 0.3) is 0 Å². The van der Waals surface area contributed by atoms with Gasteiger partial charge in [-0.1, -0.05) is 12.2 Å². The number of imidazole rings is 1. The highest BCUT2D eigenvalue weighted by molar-refractivity contribution is 7.98. The van der Waals surface area contributed by atoms with Crippen molar-refractivity contribution in [2.75, 3.05) is 24.2 Å². The molecule has 3 heterocycles. The first kappa shape index (κ1) is 20.0. The number of nitrogens with zero attached hydrogens (tertiary/aromatic N) is 4. The molecule has 152 valence electrons. The Balaban J connectivity index is 1.76. The van der Waals surface area contributed by atoms with Crippen LogP contribution >= 0.6 is 24.0 Å². The largest absolute Gasteiger partial charge is 0.375 e. The third-order valence-electron chi connectivity index (χ3n) is 5.01. The van der Waals surface area contributed by atoms with E-state index in [2.05, 4.69) is 10.3 Å². The topological polar surface area (TPSA) is 45.5 Å². The number of aromatic nitrogens is 3. The molecule has 29 heavy (non-hydrogen) atoms. The second kappa shape index (κ2) is 8.23. The first-order chi connectivity index (χ1) is 14.0. The molecular weight excluding hydrogens is 412 g/mol. The summed E-state index contributed by atoms with van der Waals surface area (Å²) in [6.07, 6.45) is 2.89. The van der Waals surface area contributed by atoms with Crippen molar-refractivity contribution in [1.29, 1.82) is 0 Å². The van der Waals surface area contributed by atoms with E-state index in [-0.39, 0.29) is 18.4 Å². The fourth-order valence-electron chi connectivity index (χ4n) is 3.72. The van der Waals surface area contributed by atoms with Crippen molar-refractivity contribution in [1.82, 2.24) is 19.9 Å². The Morgan fingerprint density at radius 1 is 1.34 bits per heavy atom. The molecule has 5 nitrogen and oxygen atoms in total. The Hall–Kier alpha value is -2.26. The fraction of sp³-hybridized carbons (Fsp3) is 0.350. The zero-order chi connectivity index (χ0) is 20.5. The number of hydrogen-bond donors (Lipinski definition) is 1. The summed E-state index contributed by atoms with van der Waals surface area (Å²) in [4.78, 5) is 7.74. The molecule has 0 unspecified atom stereocenters. The molecule has 1 N–H and O–H groups in total. The normalized spacial score (nSPS) is 19.1. The van der Waals surface area contributed by atoms with Crippen molar-refractivity contribution in [3.63, 3.8) is 0 Å². The van der Waals surface area contributed by atoms with Crippen LogP contribution in [0.15, 0.2) is 41.4 Å². The molecule has 0 bridgehead atoms. The third-order valence-corrected chi connectivity index (χ3v) is 6.18. The van der Waals surface area contributed by atoms with E-state index >= 15 is 0 Å². The molecule has 0 amide bonds. The maximum absolute atomic E-state index is 14.5. The van der Waals surface area contributed by atoms with Crippen molar-refractivity contribution in [2.24, 2.45) is 0 Å². The number of thioether (sulfide) groups is 1. The number of benzene rings is 1. The van der Waals surface area contributed by atoms with E-state index in [9.17, 15) is 8.78 Å². The first-order valence-corrected chi connectivity index (χ1v) is 11.0. The van der Waals surface area contributed by atoms with Gasteiger partial charge >= 0.3 is 0 Å². The van der Waals surface area contributed by atoms with Crippen molar-refractivity contribution in [3.8, 4) is 0 Å². The van der Waals surface area contributed by atoms with Gasteiger partial charge in [0.05, 0.1) is 18.8 Å². The van der Waals surface area contributed by atoms with Gasteiger partial charge in [-0.3, -0.25) is 0 Å². The molecule has 3 aromatic rings. The smallest absolute Gasteiger partial charge is 0.154 e. The van der Waals surface area contributed by atoms with Crippen LogP contribution in [0.25, 0.3) is 5.65 Å². The summed E-state index contributed by atoms with van der Waals surface area (Å²) in [7, 11) is 0. The van der Waals surface area contributed by atoms with E-state index in [1.807, 2.05) is 30.2 Å². The predicted octanol–water partition coefficient (Wildman–Crippen LogP) is 4.16. The average Bonchev–Trinajstić information content (AvgIpc) is 3.31. The van der Waals surface area contributed by atoms with Crippen molar-refractivity contribution >= 4 is 40.4 Å². The summed E-state index contributed by atoms with van der Waals surface area (Å²) in [6, 6.07) is 8.06.